The van der Waals surface area contributed by atoms with Gasteiger partial charge >= 0.3 is 0 Å². The Bertz CT molecular complexity index is 1210. The molecule has 0 radical (unpaired) electrons. The smallest absolute Gasteiger partial charge is 0.229 e. The number of ether oxygens (including phenoxy) is 1. The van der Waals surface area contributed by atoms with Crippen molar-refractivity contribution in [3.05, 3.63) is 40.6 Å². The van der Waals surface area contributed by atoms with E-state index in [1.54, 1.807) is 24.8 Å². The molecule has 1 aliphatic rings. The van der Waals surface area contributed by atoms with Crippen LogP contribution in [0.3, 0.4) is 0 Å². The molecule has 0 bridgehead atoms. The second-order valence-electron chi connectivity index (χ2n) is 7.62. The topological polar surface area (TPSA) is 85.1 Å². The van der Waals surface area contributed by atoms with Gasteiger partial charge in [-0.05, 0) is 52.5 Å². The quantitative estimate of drug-likeness (QED) is 0.428. The van der Waals surface area contributed by atoms with Crippen LogP contribution in [0.15, 0.2) is 35.1 Å². The van der Waals surface area contributed by atoms with Crippen LogP contribution in [-0.4, -0.2) is 43.9 Å². The maximum Gasteiger partial charge on any atom is 0.229 e. The molecule has 0 aliphatic heterocycles. The highest BCUT2D eigenvalue weighted by molar-refractivity contribution is 9.10. The third-order valence-corrected chi connectivity index (χ3v) is 7.07. The van der Waals surface area contributed by atoms with Crippen molar-refractivity contribution in [2.45, 2.75) is 44.4 Å². The van der Waals surface area contributed by atoms with Gasteiger partial charge in [-0.2, -0.15) is 4.98 Å². The number of aromatic nitrogens is 4. The molecule has 156 valence electrons. The second kappa shape index (κ2) is 8.13. The van der Waals surface area contributed by atoms with Crippen molar-refractivity contribution in [1.82, 2.24) is 19.5 Å². The SMILES string of the molecule is COc1nc2c(cc1Br)ncn2Cc1ccc2nc(N[C@@H]3CCCC[C@H]3O)sc2c1. The number of nitrogens with one attached hydrogen (secondary N) is 1. The maximum absolute atomic E-state index is 10.2. The summed E-state index contributed by atoms with van der Waals surface area (Å²) in [7, 11) is 1.61. The molecule has 1 saturated carbocycles. The minimum atomic E-state index is -0.291. The lowest BCUT2D eigenvalue weighted by atomic mass is 9.93. The highest BCUT2D eigenvalue weighted by Crippen LogP contribution is 2.31. The van der Waals surface area contributed by atoms with E-state index in [1.807, 2.05) is 16.7 Å². The van der Waals surface area contributed by atoms with E-state index in [0.29, 0.717) is 12.4 Å². The lowest BCUT2D eigenvalue weighted by molar-refractivity contribution is 0.116. The highest BCUT2D eigenvalue weighted by Gasteiger charge is 2.23. The number of pyridine rings is 1. The number of halogens is 1. The van der Waals surface area contributed by atoms with Crippen LogP contribution in [0.25, 0.3) is 21.4 Å². The first-order valence-corrected chi connectivity index (χ1v) is 11.6. The fourth-order valence-electron chi connectivity index (χ4n) is 3.97. The van der Waals surface area contributed by atoms with Gasteiger partial charge in [-0.3, -0.25) is 0 Å². The van der Waals surface area contributed by atoms with Gasteiger partial charge in [0.2, 0.25) is 5.88 Å². The average Bonchev–Trinajstić information content (AvgIpc) is 3.32. The number of rotatable bonds is 5. The molecule has 2 N–H and O–H groups in total. The molecular formula is C21H22BrN5O2S. The van der Waals surface area contributed by atoms with E-state index >= 15 is 0 Å². The Morgan fingerprint density at radius 2 is 2.10 bits per heavy atom. The number of fused-ring (bicyclic) bond motifs is 2. The van der Waals surface area contributed by atoms with E-state index in [2.05, 4.69) is 43.3 Å². The van der Waals surface area contributed by atoms with Gasteiger partial charge in [-0.15, -0.1) is 0 Å². The van der Waals surface area contributed by atoms with Crippen LogP contribution >= 0.6 is 27.3 Å². The van der Waals surface area contributed by atoms with Gasteiger partial charge in [0.25, 0.3) is 0 Å². The summed E-state index contributed by atoms with van der Waals surface area (Å²) in [5.74, 6) is 0.544. The van der Waals surface area contributed by atoms with Crippen LogP contribution in [0.2, 0.25) is 0 Å². The summed E-state index contributed by atoms with van der Waals surface area (Å²) < 4.78 is 9.26. The van der Waals surface area contributed by atoms with Crippen molar-refractivity contribution in [2.24, 2.45) is 0 Å². The molecule has 5 rings (SSSR count). The van der Waals surface area contributed by atoms with E-state index < -0.39 is 0 Å². The number of nitrogens with zero attached hydrogens (tertiary/aromatic N) is 4. The highest BCUT2D eigenvalue weighted by atomic mass is 79.9. The Labute approximate surface area is 186 Å². The van der Waals surface area contributed by atoms with Crippen molar-refractivity contribution >= 4 is 53.8 Å². The predicted molar refractivity (Wildman–Crippen MR) is 122 cm³/mol. The van der Waals surface area contributed by atoms with Crippen LogP contribution in [0, 0.1) is 0 Å². The summed E-state index contributed by atoms with van der Waals surface area (Å²) in [6.45, 7) is 0.659. The molecule has 1 aromatic carbocycles. The normalized spacial score (nSPS) is 19.4. The van der Waals surface area contributed by atoms with Crippen LogP contribution in [-0.2, 0) is 6.54 Å². The summed E-state index contributed by atoms with van der Waals surface area (Å²) in [4.78, 5) is 13.7. The molecule has 0 spiro atoms. The minimum absolute atomic E-state index is 0.0940. The molecule has 1 fully saturated rings. The van der Waals surface area contributed by atoms with E-state index in [9.17, 15) is 5.11 Å². The second-order valence-corrected chi connectivity index (χ2v) is 9.50. The van der Waals surface area contributed by atoms with Gasteiger partial charge in [0, 0.05) is 0 Å². The number of hydrogen-bond donors (Lipinski definition) is 2. The molecule has 30 heavy (non-hydrogen) atoms. The van der Waals surface area contributed by atoms with Crippen molar-refractivity contribution < 1.29 is 9.84 Å². The molecule has 1 aliphatic carbocycles. The Kier molecular flexibility index (Phi) is 5.34. The molecule has 0 amide bonds. The predicted octanol–water partition coefficient (Wildman–Crippen LogP) is 4.58. The maximum atomic E-state index is 10.2. The molecule has 3 aromatic heterocycles. The van der Waals surface area contributed by atoms with Crippen LogP contribution in [0.1, 0.15) is 31.2 Å². The molecule has 9 heteroatoms. The first kappa shape index (κ1) is 19.7. The van der Waals surface area contributed by atoms with Crippen LogP contribution in [0.5, 0.6) is 5.88 Å². The third kappa shape index (κ3) is 3.77. The van der Waals surface area contributed by atoms with Gasteiger partial charge in [0.15, 0.2) is 10.8 Å². The minimum Gasteiger partial charge on any atom is -0.480 e. The fourth-order valence-corrected chi connectivity index (χ4v) is 5.43. The summed E-state index contributed by atoms with van der Waals surface area (Å²) >= 11 is 5.09. The molecule has 4 aromatic rings. The molecular weight excluding hydrogens is 466 g/mol. The molecule has 3 heterocycles. The zero-order chi connectivity index (χ0) is 20.7. The monoisotopic (exact) mass is 487 g/mol. The van der Waals surface area contributed by atoms with Gasteiger partial charge in [-0.1, -0.05) is 30.2 Å². The van der Waals surface area contributed by atoms with Gasteiger partial charge in [0.1, 0.15) is 5.52 Å². The number of methoxy groups -OCH3 is 1. The van der Waals surface area contributed by atoms with E-state index in [-0.39, 0.29) is 12.1 Å². The zero-order valence-corrected chi connectivity index (χ0v) is 18.9. The Balaban J connectivity index is 1.39. The van der Waals surface area contributed by atoms with Crippen LogP contribution in [0.4, 0.5) is 5.13 Å². The molecule has 0 unspecified atom stereocenters. The number of thiazole rings is 1. The lowest BCUT2D eigenvalue weighted by Gasteiger charge is -2.27. The Morgan fingerprint density at radius 1 is 1.23 bits per heavy atom. The van der Waals surface area contributed by atoms with Crippen molar-refractivity contribution in [1.29, 1.82) is 0 Å². The summed E-state index contributed by atoms with van der Waals surface area (Å²) in [6.07, 6.45) is 5.61. The number of aliphatic hydroxyl groups excluding tert-OH is 1. The molecule has 7 nitrogen and oxygen atoms in total. The van der Waals surface area contributed by atoms with E-state index in [0.717, 1.165) is 62.2 Å². The van der Waals surface area contributed by atoms with E-state index in [1.165, 1.54) is 0 Å². The van der Waals surface area contributed by atoms with Gasteiger partial charge < -0.3 is 19.7 Å². The zero-order valence-electron chi connectivity index (χ0n) is 16.5. The van der Waals surface area contributed by atoms with E-state index in [4.69, 9.17) is 9.72 Å². The summed E-state index contributed by atoms with van der Waals surface area (Å²) in [5.41, 5.74) is 3.72. The van der Waals surface area contributed by atoms with Gasteiger partial charge in [0.05, 0.1) is 46.8 Å². The third-order valence-electron chi connectivity index (χ3n) is 5.55. The molecule has 2 atom stereocenters. The fraction of sp³-hybridized carbons (Fsp3) is 0.381. The largest absolute Gasteiger partial charge is 0.480 e. The standard InChI is InChI=1S/C21H22BrN5O2S/c1-29-20-13(22)9-16-19(26-20)27(11-23-16)10-12-6-7-15-18(8-12)30-21(25-15)24-14-4-2-3-5-17(14)28/h6-9,11,14,17,28H,2-5,10H2,1H3,(H,24,25)/t14-,17-/m1/s1. The number of imidazole rings is 1. The Morgan fingerprint density at radius 3 is 2.93 bits per heavy atom. The van der Waals surface area contributed by atoms with Gasteiger partial charge in [-0.25, -0.2) is 9.97 Å². The number of hydrogen-bond acceptors (Lipinski definition) is 7. The number of anilines is 1. The first-order chi connectivity index (χ1) is 14.6. The Hall–Kier alpha value is -2.23. The molecule has 0 saturated heterocycles. The average molecular weight is 488 g/mol. The van der Waals surface area contributed by atoms with Crippen molar-refractivity contribution in [3.63, 3.8) is 0 Å². The number of aliphatic hydroxyl groups is 1. The first-order valence-electron chi connectivity index (χ1n) is 10.00. The van der Waals surface area contributed by atoms with Crippen molar-refractivity contribution in [3.8, 4) is 5.88 Å². The van der Waals surface area contributed by atoms with Crippen molar-refractivity contribution in [2.75, 3.05) is 12.4 Å². The lowest BCUT2D eigenvalue weighted by Crippen LogP contribution is -2.36. The van der Waals surface area contributed by atoms with Crippen LogP contribution < -0.4 is 10.1 Å². The summed E-state index contributed by atoms with van der Waals surface area (Å²) in [6, 6.07) is 8.31. The summed E-state index contributed by atoms with van der Waals surface area (Å²) in [5, 5.41) is 14.5. The number of benzene rings is 1.